The van der Waals surface area contributed by atoms with Gasteiger partial charge in [0.2, 0.25) is 5.91 Å². The van der Waals surface area contributed by atoms with E-state index in [1.165, 1.54) is 0 Å². The molecule has 0 fully saturated rings. The van der Waals surface area contributed by atoms with Crippen molar-refractivity contribution in [2.45, 2.75) is 58.3 Å². The molecule has 0 radical (unpaired) electrons. The van der Waals surface area contributed by atoms with Crippen molar-refractivity contribution in [2.24, 2.45) is 5.92 Å². The molecule has 0 aliphatic heterocycles. The van der Waals surface area contributed by atoms with Gasteiger partial charge in [-0.1, -0.05) is 6.42 Å². The Morgan fingerprint density at radius 2 is 1.97 bits per heavy atom. The van der Waals surface area contributed by atoms with Crippen molar-refractivity contribution in [2.75, 3.05) is 5.32 Å². The summed E-state index contributed by atoms with van der Waals surface area (Å²) in [7, 11) is 0. The molecule has 1 aliphatic rings. The Morgan fingerprint density at radius 3 is 2.65 bits per heavy atom. The minimum atomic E-state index is -0.915. The average Bonchev–Trinajstić information content (AvgIpc) is 2.69. The highest BCUT2D eigenvalue weighted by Crippen LogP contribution is 2.32. The second-order valence-electron chi connectivity index (χ2n) is 7.77. The molecule has 8 nitrogen and oxygen atoms in total. The fourth-order valence-electron chi connectivity index (χ4n) is 3.82. The fraction of sp³-hybridized carbons (Fsp3) is 0.455. The number of nitrogens with zero attached hydrogens (tertiary/aromatic N) is 3. The lowest BCUT2D eigenvalue weighted by Gasteiger charge is -2.22. The fourth-order valence-corrected chi connectivity index (χ4v) is 4.35. The quantitative estimate of drug-likeness (QED) is 0.407. The van der Waals surface area contributed by atoms with E-state index in [0.717, 1.165) is 48.2 Å². The summed E-state index contributed by atoms with van der Waals surface area (Å²) >= 11 is 1.90. The highest BCUT2D eigenvalue weighted by Gasteiger charge is 2.24. The summed E-state index contributed by atoms with van der Waals surface area (Å²) in [5.41, 5.74) is 4.99. The van der Waals surface area contributed by atoms with Gasteiger partial charge in [0.1, 0.15) is 5.69 Å². The van der Waals surface area contributed by atoms with Crippen molar-refractivity contribution in [1.82, 2.24) is 15.2 Å². The second kappa shape index (κ2) is 10.7. The summed E-state index contributed by atoms with van der Waals surface area (Å²) < 4.78 is 0.185. The Hall–Kier alpha value is -2.43. The van der Waals surface area contributed by atoms with Crippen LogP contribution in [-0.4, -0.2) is 36.0 Å². The van der Waals surface area contributed by atoms with E-state index in [-0.39, 0.29) is 28.5 Å². The van der Waals surface area contributed by atoms with E-state index in [9.17, 15) is 14.4 Å². The summed E-state index contributed by atoms with van der Waals surface area (Å²) in [4.78, 5) is 39.0. The van der Waals surface area contributed by atoms with Gasteiger partial charge in [0, 0.05) is 18.8 Å². The predicted molar refractivity (Wildman–Crippen MR) is 124 cm³/mol. The summed E-state index contributed by atoms with van der Waals surface area (Å²) in [6, 6.07) is 3.55. The van der Waals surface area contributed by atoms with Crippen molar-refractivity contribution in [3.8, 4) is 11.4 Å². The third-order valence-corrected chi connectivity index (χ3v) is 6.35. The molecule has 2 aromatic heterocycles. The van der Waals surface area contributed by atoms with Crippen molar-refractivity contribution < 1.29 is 19.5 Å². The van der Waals surface area contributed by atoms with Crippen LogP contribution in [0.5, 0.6) is 0 Å². The van der Waals surface area contributed by atoms with Crippen LogP contribution in [0.4, 0.5) is 5.69 Å². The van der Waals surface area contributed by atoms with Crippen LogP contribution in [0, 0.1) is 12.8 Å². The minimum Gasteiger partial charge on any atom is -0.481 e. The van der Waals surface area contributed by atoms with Crippen molar-refractivity contribution >= 4 is 43.9 Å². The third-order valence-electron chi connectivity index (χ3n) is 5.47. The molecule has 1 aliphatic carbocycles. The molecule has 0 aromatic carbocycles. The van der Waals surface area contributed by atoms with Gasteiger partial charge < -0.3 is 10.4 Å². The van der Waals surface area contributed by atoms with E-state index in [1.54, 1.807) is 18.3 Å². The maximum atomic E-state index is 12.0. The van der Waals surface area contributed by atoms with Gasteiger partial charge in [0.05, 0.1) is 23.3 Å². The molecule has 2 N–H and O–H groups in total. The average molecular weight is 536 g/mol. The smallest absolute Gasteiger partial charge is 0.303 e. The van der Waals surface area contributed by atoms with E-state index in [4.69, 9.17) is 5.11 Å². The lowest BCUT2D eigenvalue weighted by atomic mass is 9.86. The van der Waals surface area contributed by atoms with E-state index in [0.29, 0.717) is 24.2 Å². The molecule has 1 amide bonds. The zero-order valence-electron chi connectivity index (χ0n) is 17.4. The lowest BCUT2D eigenvalue weighted by Crippen LogP contribution is -2.18. The Morgan fingerprint density at radius 1 is 1.16 bits per heavy atom. The third kappa shape index (κ3) is 6.28. The van der Waals surface area contributed by atoms with Gasteiger partial charge in [0.25, 0.3) is 0 Å². The van der Waals surface area contributed by atoms with Crippen LogP contribution in [-0.2, 0) is 27.2 Å². The molecule has 9 heteroatoms. The van der Waals surface area contributed by atoms with Crippen LogP contribution in [0.2, 0.25) is 0 Å². The van der Waals surface area contributed by atoms with Crippen LogP contribution < -0.4 is 5.32 Å². The van der Waals surface area contributed by atoms with Crippen molar-refractivity contribution in [3.63, 3.8) is 0 Å². The Kier molecular flexibility index (Phi) is 8.05. The minimum absolute atomic E-state index is 0.00192. The number of hydrogen-bond acceptors (Lipinski definition) is 6. The SMILES string of the molecule is Cc1nnc(-c2ccc(NC(=O)CCCC(=O)O)cn2)c2c1CC(C(=O)I)CCCC2. The molecule has 0 bridgehead atoms. The molecule has 0 saturated heterocycles. The molecule has 3 rings (SSSR count). The molecule has 1 unspecified atom stereocenters. The Labute approximate surface area is 194 Å². The molecule has 31 heavy (non-hydrogen) atoms. The van der Waals surface area contributed by atoms with Gasteiger partial charge in [-0.25, -0.2) is 0 Å². The van der Waals surface area contributed by atoms with Gasteiger partial charge in [-0.05, 0) is 84.9 Å². The topological polar surface area (TPSA) is 122 Å². The standard InChI is InChI=1S/C22H25IN4O4/c1-13-17-11-14(22(23)31)5-2-3-6-16(17)21(27-26-13)18-10-9-15(12-24-18)25-19(28)7-4-8-20(29)30/h9-10,12,14H,2-8,11H2,1H3,(H,25,28)(H,29,30). The number of hydrogen-bond donors (Lipinski definition) is 2. The van der Waals surface area contributed by atoms with E-state index < -0.39 is 5.97 Å². The number of rotatable bonds is 7. The van der Waals surface area contributed by atoms with Crippen molar-refractivity contribution in [3.05, 3.63) is 35.2 Å². The summed E-state index contributed by atoms with van der Waals surface area (Å²) in [6.45, 7) is 1.93. The number of fused-ring (bicyclic) bond motifs is 1. The molecule has 164 valence electrons. The van der Waals surface area contributed by atoms with Gasteiger partial charge in [-0.15, -0.1) is 5.10 Å². The van der Waals surface area contributed by atoms with E-state index in [1.807, 2.05) is 29.5 Å². The molecule has 0 saturated carbocycles. The van der Waals surface area contributed by atoms with Gasteiger partial charge in [-0.3, -0.25) is 19.4 Å². The molecule has 0 spiro atoms. The largest absolute Gasteiger partial charge is 0.481 e. The van der Waals surface area contributed by atoms with Gasteiger partial charge >= 0.3 is 5.97 Å². The highest BCUT2D eigenvalue weighted by atomic mass is 127. The monoisotopic (exact) mass is 536 g/mol. The van der Waals surface area contributed by atoms with E-state index >= 15 is 0 Å². The number of carboxylic acid groups (broad SMARTS) is 1. The first-order chi connectivity index (χ1) is 14.8. The summed E-state index contributed by atoms with van der Waals surface area (Å²) in [5.74, 6) is -1.16. The van der Waals surface area contributed by atoms with E-state index in [2.05, 4.69) is 20.5 Å². The predicted octanol–water partition coefficient (Wildman–Crippen LogP) is 3.89. The molecular weight excluding hydrogens is 511 g/mol. The zero-order valence-corrected chi connectivity index (χ0v) is 19.5. The number of nitrogens with one attached hydrogen (secondary N) is 1. The number of pyridine rings is 1. The molecular formula is C22H25IN4O4. The summed E-state index contributed by atoms with van der Waals surface area (Å²) in [5, 5.41) is 20.1. The highest BCUT2D eigenvalue weighted by molar-refractivity contribution is 14.1. The normalized spacial score (nSPS) is 16.0. The van der Waals surface area contributed by atoms with Crippen LogP contribution in [0.1, 0.15) is 55.3 Å². The number of carboxylic acids is 1. The number of aryl methyl sites for hydroxylation is 1. The summed E-state index contributed by atoms with van der Waals surface area (Å²) in [6.07, 6.45) is 6.39. The number of carbonyl (C=O) groups is 3. The van der Waals surface area contributed by atoms with Gasteiger partial charge in [0.15, 0.2) is 3.79 Å². The number of aliphatic carboxylic acids is 1. The molecule has 2 heterocycles. The number of amides is 1. The first kappa shape index (κ1) is 23.2. The Balaban J connectivity index is 1.79. The van der Waals surface area contributed by atoms with Crippen LogP contribution >= 0.6 is 22.6 Å². The van der Waals surface area contributed by atoms with Gasteiger partial charge in [-0.2, -0.15) is 5.10 Å². The first-order valence-corrected chi connectivity index (χ1v) is 11.5. The first-order valence-electron chi connectivity index (χ1n) is 10.4. The zero-order chi connectivity index (χ0) is 22.4. The maximum absolute atomic E-state index is 12.0. The number of aromatic nitrogens is 3. The van der Waals surface area contributed by atoms with Crippen LogP contribution in [0.25, 0.3) is 11.4 Å². The maximum Gasteiger partial charge on any atom is 0.303 e. The van der Waals surface area contributed by atoms with Crippen LogP contribution in [0.3, 0.4) is 0 Å². The van der Waals surface area contributed by atoms with Crippen molar-refractivity contribution in [1.29, 1.82) is 0 Å². The lowest BCUT2D eigenvalue weighted by molar-refractivity contribution is -0.137. The second-order valence-corrected chi connectivity index (χ2v) is 8.83. The Bertz CT molecular complexity index is 978. The molecule has 1 atom stereocenters. The molecule has 2 aromatic rings. The number of anilines is 1. The number of halogens is 1. The van der Waals surface area contributed by atoms with Crippen LogP contribution in [0.15, 0.2) is 18.3 Å². The number of carbonyl (C=O) groups excluding carboxylic acids is 2.